The topological polar surface area (TPSA) is 38.0 Å². The lowest BCUT2D eigenvalue weighted by molar-refractivity contribution is 0.125. The van der Waals surface area contributed by atoms with Crippen molar-refractivity contribution in [2.24, 2.45) is 29.4 Å². The minimum atomic E-state index is 0.148. The first-order valence-corrected chi connectivity index (χ1v) is 5.27. The van der Waals surface area contributed by atoms with Crippen molar-refractivity contribution in [1.82, 2.24) is 5.32 Å². The molecule has 1 aliphatic rings. The molecule has 1 aliphatic heterocycles. The van der Waals surface area contributed by atoms with E-state index in [1.807, 2.05) is 0 Å². The number of hydrogen-bond acceptors (Lipinski definition) is 2. The molecule has 0 bridgehead atoms. The SMILES string of the molecule is [B]C1NCC(C)C(C(C)CN)C1C. The van der Waals surface area contributed by atoms with E-state index in [1.54, 1.807) is 0 Å². The van der Waals surface area contributed by atoms with Crippen LogP contribution in [-0.4, -0.2) is 26.9 Å². The molecular formula is C10H21BN2. The molecule has 5 atom stereocenters. The Morgan fingerprint density at radius 3 is 2.69 bits per heavy atom. The van der Waals surface area contributed by atoms with Gasteiger partial charge in [-0.1, -0.05) is 20.8 Å². The fourth-order valence-corrected chi connectivity index (χ4v) is 2.64. The van der Waals surface area contributed by atoms with Crippen LogP contribution in [-0.2, 0) is 0 Å². The van der Waals surface area contributed by atoms with Crippen molar-refractivity contribution in [2.45, 2.75) is 26.7 Å². The van der Waals surface area contributed by atoms with E-state index in [1.165, 1.54) is 0 Å². The second-order valence-electron chi connectivity index (χ2n) is 4.56. The van der Waals surface area contributed by atoms with Crippen LogP contribution in [0.1, 0.15) is 20.8 Å². The Kier molecular flexibility index (Phi) is 3.80. The Morgan fingerprint density at radius 1 is 1.54 bits per heavy atom. The van der Waals surface area contributed by atoms with Crippen LogP contribution in [0.25, 0.3) is 0 Å². The van der Waals surface area contributed by atoms with Crippen molar-refractivity contribution in [2.75, 3.05) is 13.1 Å². The minimum Gasteiger partial charge on any atom is -0.330 e. The van der Waals surface area contributed by atoms with Gasteiger partial charge in [0.1, 0.15) is 0 Å². The standard InChI is InChI=1S/C10H21BN2/c1-6(4-12)9-7(2)5-13-10(11)8(9)3/h6-10,13H,4-5,12H2,1-3H3. The fraction of sp³-hybridized carbons (Fsp3) is 1.00. The van der Waals surface area contributed by atoms with E-state index < -0.39 is 0 Å². The highest BCUT2D eigenvalue weighted by atomic mass is 14.9. The number of nitrogens with one attached hydrogen (secondary N) is 1. The maximum Gasteiger partial charge on any atom is 0.0910 e. The summed E-state index contributed by atoms with van der Waals surface area (Å²) < 4.78 is 0. The number of rotatable bonds is 2. The Balaban J connectivity index is 2.65. The summed E-state index contributed by atoms with van der Waals surface area (Å²) in [5.41, 5.74) is 5.71. The average molecular weight is 180 g/mol. The molecule has 1 saturated heterocycles. The quantitative estimate of drug-likeness (QED) is 0.609. The van der Waals surface area contributed by atoms with E-state index in [0.29, 0.717) is 23.7 Å². The smallest absolute Gasteiger partial charge is 0.0910 e. The van der Waals surface area contributed by atoms with Crippen molar-refractivity contribution >= 4 is 7.85 Å². The molecule has 0 aromatic heterocycles. The molecule has 0 aromatic carbocycles. The molecule has 0 aromatic rings. The average Bonchev–Trinajstić information content (AvgIpc) is 2.12. The predicted molar refractivity (Wildman–Crippen MR) is 57.6 cm³/mol. The number of piperidine rings is 1. The van der Waals surface area contributed by atoms with Gasteiger partial charge < -0.3 is 11.1 Å². The van der Waals surface area contributed by atoms with Gasteiger partial charge in [-0.25, -0.2) is 0 Å². The summed E-state index contributed by atoms with van der Waals surface area (Å²) in [6.07, 6.45) is 0. The van der Waals surface area contributed by atoms with Crippen LogP contribution in [0.5, 0.6) is 0 Å². The monoisotopic (exact) mass is 180 g/mol. The fourth-order valence-electron chi connectivity index (χ4n) is 2.64. The lowest BCUT2D eigenvalue weighted by atomic mass is 9.65. The highest BCUT2D eigenvalue weighted by Crippen LogP contribution is 2.32. The summed E-state index contributed by atoms with van der Waals surface area (Å²) in [4.78, 5) is 0. The lowest BCUT2D eigenvalue weighted by Gasteiger charge is -2.43. The van der Waals surface area contributed by atoms with Crippen molar-refractivity contribution in [3.63, 3.8) is 0 Å². The van der Waals surface area contributed by atoms with E-state index in [2.05, 4.69) is 26.1 Å². The maximum atomic E-state index is 5.97. The third kappa shape index (κ3) is 2.26. The van der Waals surface area contributed by atoms with Gasteiger partial charge in [0.25, 0.3) is 0 Å². The van der Waals surface area contributed by atoms with Gasteiger partial charge in [0, 0.05) is 0 Å². The molecular weight excluding hydrogens is 159 g/mol. The molecule has 0 spiro atoms. The molecule has 13 heavy (non-hydrogen) atoms. The van der Waals surface area contributed by atoms with Crippen LogP contribution in [0.3, 0.4) is 0 Å². The van der Waals surface area contributed by atoms with E-state index in [4.69, 9.17) is 13.6 Å². The molecule has 1 fully saturated rings. The molecule has 1 heterocycles. The van der Waals surface area contributed by atoms with Crippen LogP contribution in [0.2, 0.25) is 0 Å². The zero-order chi connectivity index (χ0) is 10.0. The molecule has 0 amide bonds. The van der Waals surface area contributed by atoms with Crippen molar-refractivity contribution < 1.29 is 0 Å². The van der Waals surface area contributed by atoms with Crippen LogP contribution >= 0.6 is 0 Å². The van der Waals surface area contributed by atoms with Gasteiger partial charge in [-0.05, 0) is 42.7 Å². The first kappa shape index (κ1) is 11.1. The van der Waals surface area contributed by atoms with Crippen molar-refractivity contribution in [3.8, 4) is 0 Å². The first-order valence-electron chi connectivity index (χ1n) is 5.27. The Morgan fingerprint density at radius 2 is 2.15 bits per heavy atom. The van der Waals surface area contributed by atoms with Crippen molar-refractivity contribution in [3.05, 3.63) is 0 Å². The van der Waals surface area contributed by atoms with E-state index >= 15 is 0 Å². The van der Waals surface area contributed by atoms with Gasteiger partial charge in [-0.3, -0.25) is 0 Å². The molecule has 3 N–H and O–H groups in total. The van der Waals surface area contributed by atoms with Gasteiger partial charge >= 0.3 is 0 Å². The summed E-state index contributed by atoms with van der Waals surface area (Å²) in [5, 5.41) is 3.33. The molecule has 0 saturated carbocycles. The highest BCUT2D eigenvalue weighted by molar-refractivity contribution is 6.12. The molecule has 2 radical (unpaired) electrons. The van der Waals surface area contributed by atoms with Crippen LogP contribution in [0.15, 0.2) is 0 Å². The minimum absolute atomic E-state index is 0.148. The summed E-state index contributed by atoms with van der Waals surface area (Å²) in [6, 6.07) is 0. The summed E-state index contributed by atoms with van der Waals surface area (Å²) in [5.74, 6) is 2.62. The van der Waals surface area contributed by atoms with Gasteiger partial charge in [0.05, 0.1) is 7.85 Å². The van der Waals surface area contributed by atoms with Gasteiger partial charge in [-0.2, -0.15) is 0 Å². The van der Waals surface area contributed by atoms with Crippen LogP contribution in [0.4, 0.5) is 0 Å². The Labute approximate surface area is 83.1 Å². The predicted octanol–water partition coefficient (Wildman–Crippen LogP) is 0.567. The van der Waals surface area contributed by atoms with Crippen molar-refractivity contribution in [1.29, 1.82) is 0 Å². The summed E-state index contributed by atoms with van der Waals surface area (Å²) in [6.45, 7) is 8.54. The second kappa shape index (κ2) is 4.47. The van der Waals surface area contributed by atoms with Crippen LogP contribution < -0.4 is 11.1 Å². The summed E-state index contributed by atoms with van der Waals surface area (Å²) >= 11 is 0. The normalized spacial score (nSPS) is 43.1. The van der Waals surface area contributed by atoms with Gasteiger partial charge in [0.15, 0.2) is 0 Å². The van der Waals surface area contributed by atoms with Gasteiger partial charge in [0.2, 0.25) is 0 Å². The van der Waals surface area contributed by atoms with E-state index in [0.717, 1.165) is 13.1 Å². The Hall–Kier alpha value is -0.0151. The third-order valence-corrected chi connectivity index (χ3v) is 3.54. The first-order chi connectivity index (χ1) is 6.07. The molecule has 5 unspecified atom stereocenters. The largest absolute Gasteiger partial charge is 0.330 e. The summed E-state index contributed by atoms with van der Waals surface area (Å²) in [7, 11) is 5.97. The molecule has 74 valence electrons. The van der Waals surface area contributed by atoms with Crippen LogP contribution in [0, 0.1) is 23.7 Å². The second-order valence-corrected chi connectivity index (χ2v) is 4.56. The molecule has 2 nitrogen and oxygen atoms in total. The molecule has 3 heteroatoms. The van der Waals surface area contributed by atoms with Gasteiger partial charge in [-0.15, -0.1) is 0 Å². The maximum absolute atomic E-state index is 5.97. The third-order valence-electron chi connectivity index (χ3n) is 3.54. The Bertz CT molecular complexity index is 159. The zero-order valence-corrected chi connectivity index (χ0v) is 8.96. The number of nitrogens with two attached hydrogens (primary N) is 1. The number of hydrogen-bond donors (Lipinski definition) is 2. The molecule has 0 aliphatic carbocycles. The van der Waals surface area contributed by atoms with E-state index in [9.17, 15) is 0 Å². The molecule has 1 rings (SSSR count). The van der Waals surface area contributed by atoms with E-state index in [-0.39, 0.29) is 5.94 Å². The highest BCUT2D eigenvalue weighted by Gasteiger charge is 2.34. The zero-order valence-electron chi connectivity index (χ0n) is 8.96. The lowest BCUT2D eigenvalue weighted by Crippen LogP contribution is -2.52.